The molecule has 3 heteroatoms. The van der Waals surface area contributed by atoms with Crippen LogP contribution in [0.25, 0.3) is 0 Å². The van der Waals surface area contributed by atoms with Gasteiger partial charge in [-0.1, -0.05) is 29.8 Å². The molecule has 100 valence electrons. The second kappa shape index (κ2) is 5.76. The van der Waals surface area contributed by atoms with E-state index in [2.05, 4.69) is 18.3 Å². The van der Waals surface area contributed by atoms with Crippen molar-refractivity contribution in [2.45, 2.75) is 13.0 Å². The number of ether oxygens (including phenoxy) is 1. The van der Waals surface area contributed by atoms with E-state index in [4.69, 9.17) is 10.5 Å². The Bertz CT molecular complexity index is 549. The molecule has 0 aromatic heterocycles. The Morgan fingerprint density at radius 3 is 2.37 bits per heavy atom. The van der Waals surface area contributed by atoms with Gasteiger partial charge in [0.2, 0.25) is 0 Å². The number of methoxy groups -OCH3 is 1. The average molecular weight is 256 g/mol. The Balaban J connectivity index is 2.36. The number of benzene rings is 2. The van der Waals surface area contributed by atoms with Gasteiger partial charge in [0, 0.05) is 18.3 Å². The third kappa shape index (κ3) is 2.88. The molecule has 3 N–H and O–H groups in total. The lowest BCUT2D eigenvalue weighted by Crippen LogP contribution is -2.13. The van der Waals surface area contributed by atoms with Gasteiger partial charge in [-0.15, -0.1) is 0 Å². The van der Waals surface area contributed by atoms with Gasteiger partial charge in [-0.25, -0.2) is 0 Å². The second-order valence-electron chi connectivity index (χ2n) is 4.60. The van der Waals surface area contributed by atoms with E-state index in [1.54, 1.807) is 7.11 Å². The van der Waals surface area contributed by atoms with Crippen LogP contribution in [0.4, 0.5) is 5.69 Å². The molecule has 2 aromatic carbocycles. The van der Waals surface area contributed by atoms with Gasteiger partial charge in [0.05, 0.1) is 13.2 Å². The van der Waals surface area contributed by atoms with E-state index in [0.717, 1.165) is 22.6 Å². The molecule has 3 nitrogen and oxygen atoms in total. The fourth-order valence-corrected chi connectivity index (χ4v) is 2.13. The molecule has 0 bridgehead atoms. The Kier molecular flexibility index (Phi) is 4.07. The molecule has 2 rings (SSSR count). The van der Waals surface area contributed by atoms with Crippen molar-refractivity contribution in [3.8, 4) is 5.75 Å². The average Bonchev–Trinajstić information content (AvgIpc) is 2.46. The molecule has 1 unspecified atom stereocenters. The summed E-state index contributed by atoms with van der Waals surface area (Å²) in [6.45, 7) is 2.06. The number of nitrogens with two attached hydrogens (primary N) is 1. The minimum absolute atomic E-state index is 0.180. The van der Waals surface area contributed by atoms with Crippen molar-refractivity contribution >= 4 is 5.69 Å². The van der Waals surface area contributed by atoms with Crippen LogP contribution in [-0.2, 0) is 0 Å². The van der Waals surface area contributed by atoms with Gasteiger partial charge in [-0.3, -0.25) is 0 Å². The van der Waals surface area contributed by atoms with E-state index in [1.165, 1.54) is 5.56 Å². The summed E-state index contributed by atoms with van der Waals surface area (Å²) in [5, 5.41) is 3.10. The number of rotatable bonds is 4. The smallest absolute Gasteiger partial charge is 0.123 e. The van der Waals surface area contributed by atoms with Crippen LogP contribution in [0.5, 0.6) is 5.75 Å². The molecule has 0 fully saturated rings. The first kappa shape index (κ1) is 13.4. The lowest BCUT2D eigenvalue weighted by molar-refractivity contribution is 0.407. The maximum absolute atomic E-state index is 6.35. The monoisotopic (exact) mass is 256 g/mol. The first-order valence-corrected chi connectivity index (χ1v) is 6.33. The summed E-state index contributed by atoms with van der Waals surface area (Å²) < 4.78 is 5.40. The Morgan fingerprint density at radius 2 is 1.79 bits per heavy atom. The van der Waals surface area contributed by atoms with Crippen molar-refractivity contribution < 1.29 is 4.74 Å². The highest BCUT2D eigenvalue weighted by molar-refractivity contribution is 5.48. The SMILES string of the molecule is CNc1ccc(C(N)c2cc(C)ccc2OC)cc1. The van der Waals surface area contributed by atoms with Crippen molar-refractivity contribution in [2.75, 3.05) is 19.5 Å². The Morgan fingerprint density at radius 1 is 1.11 bits per heavy atom. The molecule has 0 saturated carbocycles. The number of nitrogens with one attached hydrogen (secondary N) is 1. The van der Waals surface area contributed by atoms with Crippen LogP contribution in [0.15, 0.2) is 42.5 Å². The summed E-state index contributed by atoms with van der Waals surface area (Å²) in [5.41, 5.74) is 10.7. The first-order chi connectivity index (χ1) is 9.15. The van der Waals surface area contributed by atoms with Gasteiger partial charge >= 0.3 is 0 Å². The quantitative estimate of drug-likeness (QED) is 0.883. The molecular formula is C16H20N2O. The molecule has 1 atom stereocenters. The molecule has 0 amide bonds. The lowest BCUT2D eigenvalue weighted by Gasteiger charge is -2.17. The van der Waals surface area contributed by atoms with E-state index in [0.29, 0.717) is 0 Å². The van der Waals surface area contributed by atoms with Crippen LogP contribution in [0.3, 0.4) is 0 Å². The molecule has 0 aliphatic heterocycles. The molecular weight excluding hydrogens is 236 g/mol. The Labute approximate surface area is 114 Å². The van der Waals surface area contributed by atoms with Crippen LogP contribution in [-0.4, -0.2) is 14.2 Å². The normalized spacial score (nSPS) is 12.0. The van der Waals surface area contributed by atoms with Crippen LogP contribution >= 0.6 is 0 Å². The zero-order chi connectivity index (χ0) is 13.8. The highest BCUT2D eigenvalue weighted by Gasteiger charge is 2.14. The van der Waals surface area contributed by atoms with E-state index < -0.39 is 0 Å². The predicted octanol–water partition coefficient (Wildman–Crippen LogP) is 3.09. The number of hydrogen-bond donors (Lipinski definition) is 2. The van der Waals surface area contributed by atoms with Crippen molar-refractivity contribution in [1.82, 2.24) is 0 Å². The second-order valence-corrected chi connectivity index (χ2v) is 4.60. The number of anilines is 1. The summed E-state index contributed by atoms with van der Waals surface area (Å²) >= 11 is 0. The van der Waals surface area contributed by atoms with Gasteiger partial charge in [0.1, 0.15) is 5.75 Å². The third-order valence-electron chi connectivity index (χ3n) is 3.28. The van der Waals surface area contributed by atoms with E-state index in [-0.39, 0.29) is 6.04 Å². The maximum Gasteiger partial charge on any atom is 0.123 e. The van der Waals surface area contributed by atoms with Gasteiger partial charge in [-0.2, -0.15) is 0 Å². The topological polar surface area (TPSA) is 47.3 Å². The van der Waals surface area contributed by atoms with Crippen LogP contribution in [0.1, 0.15) is 22.7 Å². The molecule has 0 aliphatic carbocycles. The number of hydrogen-bond acceptors (Lipinski definition) is 3. The van der Waals surface area contributed by atoms with Gasteiger partial charge in [0.15, 0.2) is 0 Å². The van der Waals surface area contributed by atoms with Crippen LogP contribution in [0, 0.1) is 6.92 Å². The van der Waals surface area contributed by atoms with Crippen LogP contribution < -0.4 is 15.8 Å². The maximum atomic E-state index is 6.35. The first-order valence-electron chi connectivity index (χ1n) is 6.33. The summed E-state index contributed by atoms with van der Waals surface area (Å²) in [6, 6.07) is 14.0. The molecule has 0 aliphatic rings. The summed E-state index contributed by atoms with van der Waals surface area (Å²) in [5.74, 6) is 0.829. The standard InChI is InChI=1S/C16H20N2O/c1-11-4-9-15(19-3)14(10-11)16(17)12-5-7-13(18-2)8-6-12/h4-10,16,18H,17H2,1-3H3. The molecule has 0 spiro atoms. The Hall–Kier alpha value is -2.00. The van der Waals surface area contributed by atoms with Crippen molar-refractivity contribution in [2.24, 2.45) is 5.73 Å². The highest BCUT2D eigenvalue weighted by atomic mass is 16.5. The molecule has 0 saturated heterocycles. The summed E-state index contributed by atoms with van der Waals surface area (Å²) in [7, 11) is 3.57. The van der Waals surface area contributed by atoms with E-state index >= 15 is 0 Å². The molecule has 19 heavy (non-hydrogen) atoms. The number of aryl methyl sites for hydroxylation is 1. The van der Waals surface area contributed by atoms with Crippen molar-refractivity contribution in [3.05, 3.63) is 59.2 Å². The van der Waals surface area contributed by atoms with Crippen molar-refractivity contribution in [1.29, 1.82) is 0 Å². The van der Waals surface area contributed by atoms with Gasteiger partial charge in [-0.05, 0) is 30.7 Å². The zero-order valence-electron chi connectivity index (χ0n) is 11.6. The summed E-state index contributed by atoms with van der Waals surface area (Å²) in [4.78, 5) is 0. The third-order valence-corrected chi connectivity index (χ3v) is 3.28. The molecule has 0 radical (unpaired) electrons. The highest BCUT2D eigenvalue weighted by Crippen LogP contribution is 2.29. The minimum Gasteiger partial charge on any atom is -0.496 e. The fraction of sp³-hybridized carbons (Fsp3) is 0.250. The predicted molar refractivity (Wildman–Crippen MR) is 79.8 cm³/mol. The largest absolute Gasteiger partial charge is 0.496 e. The van der Waals surface area contributed by atoms with Crippen molar-refractivity contribution in [3.63, 3.8) is 0 Å². The molecule has 0 heterocycles. The van der Waals surface area contributed by atoms with Gasteiger partial charge in [0.25, 0.3) is 0 Å². The minimum atomic E-state index is -0.180. The zero-order valence-corrected chi connectivity index (χ0v) is 11.6. The summed E-state index contributed by atoms with van der Waals surface area (Å²) in [6.07, 6.45) is 0. The van der Waals surface area contributed by atoms with Crippen LogP contribution in [0.2, 0.25) is 0 Å². The van der Waals surface area contributed by atoms with E-state index in [9.17, 15) is 0 Å². The van der Waals surface area contributed by atoms with Gasteiger partial charge < -0.3 is 15.8 Å². The lowest BCUT2D eigenvalue weighted by atomic mass is 9.97. The van der Waals surface area contributed by atoms with E-state index in [1.807, 2.05) is 43.4 Å². The fourth-order valence-electron chi connectivity index (χ4n) is 2.13. The molecule has 2 aromatic rings.